The van der Waals surface area contributed by atoms with E-state index in [4.69, 9.17) is 14.6 Å². The second kappa shape index (κ2) is 7.33. The lowest BCUT2D eigenvalue weighted by molar-refractivity contribution is -0.149. The largest absolute Gasteiger partial charge is 0.481 e. The van der Waals surface area contributed by atoms with E-state index in [1.165, 1.54) is 6.08 Å². The van der Waals surface area contributed by atoms with Crippen molar-refractivity contribution in [3.63, 3.8) is 0 Å². The molecule has 0 atom stereocenters. The number of hydrogen-bond acceptors (Lipinski definition) is 4. The Balaban J connectivity index is 2.78. The lowest BCUT2D eigenvalue weighted by atomic mass is 10.1. The third-order valence-corrected chi connectivity index (χ3v) is 2.28. The fourth-order valence-corrected chi connectivity index (χ4v) is 1.52. The van der Waals surface area contributed by atoms with E-state index in [0.717, 1.165) is 11.6 Å². The number of benzene rings is 1. The molecule has 20 heavy (non-hydrogen) atoms. The normalized spacial score (nSPS) is 10.8. The van der Waals surface area contributed by atoms with E-state index in [9.17, 15) is 9.59 Å². The third-order valence-electron chi connectivity index (χ3n) is 2.28. The molecule has 0 aliphatic heterocycles. The van der Waals surface area contributed by atoms with Crippen molar-refractivity contribution in [2.24, 2.45) is 0 Å². The Labute approximate surface area is 117 Å². The number of esters is 1. The summed E-state index contributed by atoms with van der Waals surface area (Å²) < 4.78 is 10.3. The maximum atomic E-state index is 11.4. The van der Waals surface area contributed by atoms with Gasteiger partial charge in [0.25, 0.3) is 0 Å². The average molecular weight is 278 g/mol. The second-order valence-corrected chi connectivity index (χ2v) is 4.54. The molecule has 5 heteroatoms. The summed E-state index contributed by atoms with van der Waals surface area (Å²) in [6.07, 6.45) is 2.25. The van der Waals surface area contributed by atoms with Gasteiger partial charge in [-0.25, -0.2) is 9.59 Å². The van der Waals surface area contributed by atoms with Crippen LogP contribution in [0.25, 0.3) is 6.08 Å². The van der Waals surface area contributed by atoms with Crippen molar-refractivity contribution in [3.05, 3.63) is 35.4 Å². The van der Waals surface area contributed by atoms with Crippen LogP contribution in [0.4, 0.5) is 0 Å². The van der Waals surface area contributed by atoms with E-state index in [1.54, 1.807) is 26.0 Å². The molecule has 5 nitrogen and oxygen atoms in total. The average Bonchev–Trinajstić information content (AvgIpc) is 2.34. The van der Waals surface area contributed by atoms with E-state index in [-0.39, 0.29) is 12.7 Å². The van der Waals surface area contributed by atoms with Gasteiger partial charge in [-0.1, -0.05) is 11.6 Å². The highest BCUT2D eigenvalue weighted by Crippen LogP contribution is 2.21. The van der Waals surface area contributed by atoms with Crippen molar-refractivity contribution < 1.29 is 24.2 Å². The topological polar surface area (TPSA) is 72.8 Å². The van der Waals surface area contributed by atoms with Crippen LogP contribution < -0.4 is 4.74 Å². The lowest BCUT2D eigenvalue weighted by Crippen LogP contribution is -2.19. The van der Waals surface area contributed by atoms with Gasteiger partial charge in [0.1, 0.15) is 5.75 Å². The molecule has 0 bridgehead atoms. The Morgan fingerprint density at radius 3 is 2.65 bits per heavy atom. The van der Waals surface area contributed by atoms with E-state index in [2.05, 4.69) is 0 Å². The van der Waals surface area contributed by atoms with Crippen molar-refractivity contribution in [2.45, 2.75) is 26.9 Å². The molecule has 108 valence electrons. The number of carboxylic acid groups (broad SMARTS) is 1. The van der Waals surface area contributed by atoms with Crippen molar-refractivity contribution in [3.8, 4) is 5.75 Å². The molecule has 1 N–H and O–H groups in total. The van der Waals surface area contributed by atoms with Gasteiger partial charge in [-0.3, -0.25) is 0 Å². The van der Waals surface area contributed by atoms with Gasteiger partial charge in [-0.2, -0.15) is 0 Å². The molecule has 0 fully saturated rings. The first-order valence-electron chi connectivity index (χ1n) is 6.22. The molecule has 1 rings (SSSR count). The molecule has 0 radical (unpaired) electrons. The quantitative estimate of drug-likeness (QED) is 0.639. The molecular weight excluding hydrogens is 260 g/mol. The number of hydrogen-bond donors (Lipinski definition) is 1. The number of aliphatic carboxylic acids is 1. The molecule has 0 heterocycles. The number of ether oxygens (including phenoxy) is 2. The van der Waals surface area contributed by atoms with Crippen LogP contribution in [-0.4, -0.2) is 29.8 Å². The Hall–Kier alpha value is -2.30. The summed E-state index contributed by atoms with van der Waals surface area (Å²) in [7, 11) is 0. The molecular formula is C15H18O5. The highest BCUT2D eigenvalue weighted by molar-refractivity contribution is 5.86. The molecule has 0 aliphatic carbocycles. The molecule has 1 aromatic carbocycles. The first-order valence-corrected chi connectivity index (χ1v) is 6.22. The summed E-state index contributed by atoms with van der Waals surface area (Å²) in [5, 5.41) is 8.65. The summed E-state index contributed by atoms with van der Waals surface area (Å²) in [5.41, 5.74) is 1.57. The highest BCUT2D eigenvalue weighted by atomic mass is 16.6. The minimum absolute atomic E-state index is 0.199. The summed E-state index contributed by atoms with van der Waals surface area (Å²) in [6, 6.07) is 5.29. The minimum Gasteiger partial charge on any atom is -0.481 e. The Kier molecular flexibility index (Phi) is 5.77. The van der Waals surface area contributed by atoms with Crippen molar-refractivity contribution in [1.29, 1.82) is 0 Å². The highest BCUT2D eigenvalue weighted by Gasteiger charge is 2.08. The second-order valence-electron chi connectivity index (χ2n) is 4.54. The van der Waals surface area contributed by atoms with Gasteiger partial charge in [0, 0.05) is 11.6 Å². The maximum absolute atomic E-state index is 11.4. The number of aryl methyl sites for hydroxylation is 1. The smallest absolute Gasteiger partial charge is 0.344 e. The number of carbonyl (C=O) groups excluding carboxylic acids is 1. The molecule has 0 aromatic heterocycles. The van der Waals surface area contributed by atoms with E-state index in [0.29, 0.717) is 11.3 Å². The zero-order valence-electron chi connectivity index (χ0n) is 11.8. The van der Waals surface area contributed by atoms with Gasteiger partial charge in [0.2, 0.25) is 0 Å². The molecule has 1 aromatic rings. The summed E-state index contributed by atoms with van der Waals surface area (Å²) in [6.45, 7) is 5.18. The monoisotopic (exact) mass is 278 g/mol. The molecule has 0 unspecified atom stereocenters. The van der Waals surface area contributed by atoms with E-state index >= 15 is 0 Å². The van der Waals surface area contributed by atoms with Crippen molar-refractivity contribution in [1.82, 2.24) is 0 Å². The Morgan fingerprint density at radius 1 is 1.35 bits per heavy atom. The van der Waals surface area contributed by atoms with Crippen LogP contribution in [0, 0.1) is 6.92 Å². The maximum Gasteiger partial charge on any atom is 0.344 e. The van der Waals surface area contributed by atoms with Gasteiger partial charge < -0.3 is 14.6 Å². The van der Waals surface area contributed by atoms with Gasteiger partial charge >= 0.3 is 11.9 Å². The number of rotatable bonds is 6. The molecule has 0 spiro atoms. The molecule has 0 amide bonds. The predicted molar refractivity (Wildman–Crippen MR) is 74.6 cm³/mol. The first kappa shape index (κ1) is 15.8. The first-order chi connectivity index (χ1) is 9.38. The van der Waals surface area contributed by atoms with Gasteiger partial charge in [0.05, 0.1) is 6.10 Å². The van der Waals surface area contributed by atoms with Crippen LogP contribution in [0.1, 0.15) is 25.0 Å². The predicted octanol–water partition coefficient (Wildman–Crippen LogP) is 2.42. The van der Waals surface area contributed by atoms with Gasteiger partial charge in [0.15, 0.2) is 6.61 Å². The van der Waals surface area contributed by atoms with Crippen LogP contribution in [-0.2, 0) is 14.3 Å². The summed E-state index contributed by atoms with van der Waals surface area (Å²) in [4.78, 5) is 22.0. The fourth-order valence-electron chi connectivity index (χ4n) is 1.52. The fraction of sp³-hybridized carbons (Fsp3) is 0.333. The molecule has 0 saturated heterocycles. The van der Waals surface area contributed by atoms with Crippen LogP contribution in [0.5, 0.6) is 5.75 Å². The van der Waals surface area contributed by atoms with Crippen molar-refractivity contribution >= 4 is 18.0 Å². The standard InChI is InChI=1S/C15H18O5/c1-10(2)20-15(18)9-19-13-6-4-11(3)8-12(13)5-7-14(16)17/h4-8,10H,9H2,1-3H3,(H,16,17). The zero-order chi connectivity index (χ0) is 15.1. The zero-order valence-corrected chi connectivity index (χ0v) is 11.8. The van der Waals surface area contributed by atoms with Crippen LogP contribution >= 0.6 is 0 Å². The number of carboxylic acids is 1. The van der Waals surface area contributed by atoms with Crippen LogP contribution in [0.2, 0.25) is 0 Å². The van der Waals surface area contributed by atoms with Crippen LogP contribution in [0.15, 0.2) is 24.3 Å². The number of carbonyl (C=O) groups is 2. The minimum atomic E-state index is -1.04. The SMILES string of the molecule is Cc1ccc(OCC(=O)OC(C)C)c(C=CC(=O)O)c1. The lowest BCUT2D eigenvalue weighted by Gasteiger charge is -2.11. The van der Waals surface area contributed by atoms with E-state index in [1.807, 2.05) is 13.0 Å². The van der Waals surface area contributed by atoms with E-state index < -0.39 is 11.9 Å². The Bertz CT molecular complexity index is 517. The van der Waals surface area contributed by atoms with Crippen molar-refractivity contribution in [2.75, 3.05) is 6.61 Å². The van der Waals surface area contributed by atoms with Crippen LogP contribution in [0.3, 0.4) is 0 Å². The summed E-state index contributed by atoms with van der Waals surface area (Å²) in [5.74, 6) is -1.07. The molecule has 0 saturated carbocycles. The van der Waals surface area contributed by atoms with Gasteiger partial charge in [-0.05, 0) is 39.0 Å². The third kappa shape index (κ3) is 5.56. The summed E-state index contributed by atoms with van der Waals surface area (Å²) >= 11 is 0. The Morgan fingerprint density at radius 2 is 2.05 bits per heavy atom. The van der Waals surface area contributed by atoms with Gasteiger partial charge in [-0.15, -0.1) is 0 Å². The molecule has 0 aliphatic rings.